The van der Waals surface area contributed by atoms with Gasteiger partial charge < -0.3 is 15.7 Å². The van der Waals surface area contributed by atoms with Gasteiger partial charge in [0.1, 0.15) is 0 Å². The number of carbonyl (C=O) groups excluding carboxylic acids is 1. The fourth-order valence-corrected chi connectivity index (χ4v) is 2.76. The second-order valence-corrected chi connectivity index (χ2v) is 5.43. The predicted molar refractivity (Wildman–Crippen MR) is 75.9 cm³/mol. The molecule has 1 aliphatic carbocycles. The van der Waals surface area contributed by atoms with Crippen LogP contribution in [-0.4, -0.2) is 35.1 Å². The van der Waals surface area contributed by atoms with Gasteiger partial charge in [-0.1, -0.05) is 18.9 Å². The Balaban J connectivity index is 2.18. The number of rotatable bonds is 2. The monoisotopic (exact) mass is 262 g/mol. The molecule has 19 heavy (non-hydrogen) atoms. The number of benzene rings is 1. The van der Waals surface area contributed by atoms with E-state index >= 15 is 0 Å². The van der Waals surface area contributed by atoms with Crippen molar-refractivity contribution >= 4 is 11.6 Å². The fraction of sp³-hybridized carbons (Fsp3) is 0.533. The van der Waals surface area contributed by atoms with Gasteiger partial charge in [-0.3, -0.25) is 4.79 Å². The van der Waals surface area contributed by atoms with Gasteiger partial charge in [-0.2, -0.15) is 0 Å². The predicted octanol–water partition coefficient (Wildman–Crippen LogP) is 1.95. The summed E-state index contributed by atoms with van der Waals surface area (Å²) >= 11 is 0. The van der Waals surface area contributed by atoms with Crippen LogP contribution in [0.2, 0.25) is 0 Å². The minimum Gasteiger partial charge on any atom is -0.398 e. The molecule has 4 heteroatoms. The number of nitrogens with zero attached hydrogens (tertiary/aromatic N) is 1. The van der Waals surface area contributed by atoms with Crippen LogP contribution in [0.15, 0.2) is 18.2 Å². The summed E-state index contributed by atoms with van der Waals surface area (Å²) in [6.07, 6.45) is 3.30. The Morgan fingerprint density at radius 2 is 2.05 bits per heavy atom. The first-order chi connectivity index (χ1) is 9.00. The summed E-state index contributed by atoms with van der Waals surface area (Å²) in [5.74, 6) is -0.108. The topological polar surface area (TPSA) is 66.6 Å². The fourth-order valence-electron chi connectivity index (χ4n) is 2.76. The maximum absolute atomic E-state index is 12.5. The van der Waals surface area contributed by atoms with Gasteiger partial charge in [-0.25, -0.2) is 0 Å². The zero-order valence-corrected chi connectivity index (χ0v) is 11.6. The Morgan fingerprint density at radius 1 is 1.37 bits per heavy atom. The molecule has 1 aliphatic rings. The molecule has 2 atom stereocenters. The third-order valence-corrected chi connectivity index (χ3v) is 3.95. The van der Waals surface area contributed by atoms with Gasteiger partial charge in [0.05, 0.1) is 17.7 Å². The molecule has 4 nitrogen and oxygen atoms in total. The summed E-state index contributed by atoms with van der Waals surface area (Å²) in [4.78, 5) is 14.1. The van der Waals surface area contributed by atoms with Crippen molar-refractivity contribution in [3.8, 4) is 0 Å². The maximum Gasteiger partial charge on any atom is 0.256 e. The lowest BCUT2D eigenvalue weighted by Gasteiger charge is -2.35. The highest BCUT2D eigenvalue weighted by molar-refractivity contribution is 5.99. The van der Waals surface area contributed by atoms with Gasteiger partial charge in [-0.05, 0) is 37.5 Å². The molecule has 1 fully saturated rings. The lowest BCUT2D eigenvalue weighted by Crippen LogP contribution is -2.46. The number of amides is 1. The molecule has 1 amide bonds. The Labute approximate surface area is 114 Å². The molecule has 2 rings (SSSR count). The number of carbonyl (C=O) groups is 1. The van der Waals surface area contributed by atoms with Crippen LogP contribution in [0.3, 0.4) is 0 Å². The Kier molecular flexibility index (Phi) is 4.10. The SMILES string of the molecule is Cc1ccc(C(=O)N(C)C2CCCCC2O)c(N)c1. The van der Waals surface area contributed by atoms with Crippen LogP contribution in [0.4, 0.5) is 5.69 Å². The first-order valence-electron chi connectivity index (χ1n) is 6.82. The lowest BCUT2D eigenvalue weighted by molar-refractivity contribution is 0.0268. The molecule has 3 N–H and O–H groups in total. The number of hydrogen-bond acceptors (Lipinski definition) is 3. The molecule has 0 aromatic heterocycles. The van der Waals surface area contributed by atoms with Crippen molar-refractivity contribution in [1.29, 1.82) is 0 Å². The highest BCUT2D eigenvalue weighted by Crippen LogP contribution is 2.25. The second kappa shape index (κ2) is 5.61. The summed E-state index contributed by atoms with van der Waals surface area (Å²) in [5, 5.41) is 10.0. The van der Waals surface area contributed by atoms with Gasteiger partial charge in [0.2, 0.25) is 0 Å². The number of nitrogen functional groups attached to an aromatic ring is 1. The number of anilines is 1. The van der Waals surface area contributed by atoms with E-state index in [4.69, 9.17) is 5.73 Å². The van der Waals surface area contributed by atoms with Crippen LogP contribution in [0.5, 0.6) is 0 Å². The zero-order valence-electron chi connectivity index (χ0n) is 11.6. The minimum atomic E-state index is -0.422. The van der Waals surface area contributed by atoms with E-state index in [0.717, 1.165) is 31.2 Å². The molecule has 1 aromatic rings. The summed E-state index contributed by atoms with van der Waals surface area (Å²) in [7, 11) is 1.75. The summed E-state index contributed by atoms with van der Waals surface area (Å²) in [6.45, 7) is 1.94. The Hall–Kier alpha value is -1.55. The van der Waals surface area contributed by atoms with Crippen molar-refractivity contribution in [3.63, 3.8) is 0 Å². The molecule has 0 aliphatic heterocycles. The number of aliphatic hydroxyl groups excluding tert-OH is 1. The Bertz CT molecular complexity index is 473. The van der Waals surface area contributed by atoms with Gasteiger partial charge in [0.15, 0.2) is 0 Å². The van der Waals surface area contributed by atoms with E-state index in [-0.39, 0.29) is 11.9 Å². The smallest absolute Gasteiger partial charge is 0.256 e. The van der Waals surface area contributed by atoms with E-state index in [1.165, 1.54) is 0 Å². The van der Waals surface area contributed by atoms with Crippen LogP contribution < -0.4 is 5.73 Å². The average molecular weight is 262 g/mol. The first-order valence-corrected chi connectivity index (χ1v) is 6.82. The second-order valence-electron chi connectivity index (χ2n) is 5.43. The van der Waals surface area contributed by atoms with E-state index in [1.807, 2.05) is 13.0 Å². The molecule has 1 saturated carbocycles. The van der Waals surface area contributed by atoms with Crippen LogP contribution in [-0.2, 0) is 0 Å². The van der Waals surface area contributed by atoms with Crippen LogP contribution >= 0.6 is 0 Å². The normalized spacial score (nSPS) is 23.1. The zero-order chi connectivity index (χ0) is 14.0. The van der Waals surface area contributed by atoms with E-state index in [9.17, 15) is 9.90 Å². The third-order valence-electron chi connectivity index (χ3n) is 3.95. The molecular weight excluding hydrogens is 240 g/mol. The molecule has 1 aromatic carbocycles. The van der Waals surface area contributed by atoms with Gasteiger partial charge in [-0.15, -0.1) is 0 Å². The van der Waals surface area contributed by atoms with Gasteiger partial charge in [0, 0.05) is 12.7 Å². The number of likely N-dealkylation sites (N-methyl/N-ethyl adjacent to an activating group) is 1. The highest BCUT2D eigenvalue weighted by atomic mass is 16.3. The minimum absolute atomic E-state index is 0.0954. The largest absolute Gasteiger partial charge is 0.398 e. The highest BCUT2D eigenvalue weighted by Gasteiger charge is 2.30. The van der Waals surface area contributed by atoms with E-state index < -0.39 is 6.10 Å². The van der Waals surface area contributed by atoms with E-state index in [1.54, 1.807) is 24.1 Å². The molecular formula is C15H22N2O2. The quantitative estimate of drug-likeness (QED) is 0.801. The number of nitrogens with two attached hydrogens (primary N) is 1. The van der Waals surface area contributed by atoms with E-state index in [0.29, 0.717) is 11.3 Å². The molecule has 0 heterocycles. The molecule has 0 spiro atoms. The van der Waals surface area contributed by atoms with Crippen molar-refractivity contribution in [2.75, 3.05) is 12.8 Å². The molecule has 0 radical (unpaired) electrons. The van der Waals surface area contributed by atoms with Crippen LogP contribution in [0.25, 0.3) is 0 Å². The summed E-state index contributed by atoms with van der Waals surface area (Å²) in [5.41, 5.74) is 7.97. The first kappa shape index (κ1) is 13.9. The van der Waals surface area contributed by atoms with E-state index in [2.05, 4.69) is 0 Å². The maximum atomic E-state index is 12.5. The molecule has 2 unspecified atom stereocenters. The summed E-state index contributed by atoms with van der Waals surface area (Å²) in [6, 6.07) is 5.35. The number of aryl methyl sites for hydroxylation is 1. The van der Waals surface area contributed by atoms with Crippen molar-refractivity contribution in [3.05, 3.63) is 29.3 Å². The van der Waals surface area contributed by atoms with Gasteiger partial charge in [0.25, 0.3) is 5.91 Å². The third kappa shape index (κ3) is 2.89. The van der Waals surface area contributed by atoms with Crippen LogP contribution in [0, 0.1) is 6.92 Å². The standard InChI is InChI=1S/C15H22N2O2/c1-10-7-8-11(12(16)9-10)15(19)17(2)13-5-3-4-6-14(13)18/h7-9,13-14,18H,3-6,16H2,1-2H3. The van der Waals surface area contributed by atoms with Crippen molar-refractivity contribution in [2.24, 2.45) is 0 Å². The van der Waals surface area contributed by atoms with Crippen molar-refractivity contribution in [2.45, 2.75) is 44.8 Å². The molecule has 0 bridgehead atoms. The Morgan fingerprint density at radius 3 is 2.68 bits per heavy atom. The van der Waals surface area contributed by atoms with Crippen molar-refractivity contribution < 1.29 is 9.90 Å². The lowest BCUT2D eigenvalue weighted by atomic mass is 9.91. The number of aliphatic hydroxyl groups is 1. The summed E-state index contributed by atoms with van der Waals surface area (Å²) < 4.78 is 0. The van der Waals surface area contributed by atoms with Crippen LogP contribution in [0.1, 0.15) is 41.6 Å². The van der Waals surface area contributed by atoms with Gasteiger partial charge >= 0.3 is 0 Å². The average Bonchev–Trinajstić information content (AvgIpc) is 2.38. The molecule has 104 valence electrons. The number of hydrogen-bond donors (Lipinski definition) is 2. The van der Waals surface area contributed by atoms with Crippen molar-refractivity contribution in [1.82, 2.24) is 4.90 Å². The molecule has 0 saturated heterocycles.